The molecule has 9 nitrogen and oxygen atoms in total. The van der Waals surface area contributed by atoms with E-state index in [-0.39, 0.29) is 23.1 Å². The molecular formula is C27H24N2O7S. The molecule has 0 atom stereocenters. The van der Waals surface area contributed by atoms with Crippen LogP contribution < -0.4 is 19.7 Å². The van der Waals surface area contributed by atoms with E-state index in [1.165, 1.54) is 31.3 Å². The summed E-state index contributed by atoms with van der Waals surface area (Å²) in [5.74, 6) is -0.438. The number of nitrogens with one attached hydrogen (secondary N) is 1. The number of aryl methyl sites for hydroxylation is 1. The Kier molecular flexibility index (Phi) is 7.69. The van der Waals surface area contributed by atoms with Gasteiger partial charge >= 0.3 is 5.97 Å². The van der Waals surface area contributed by atoms with Gasteiger partial charge in [-0.25, -0.2) is 4.79 Å². The maximum absolute atomic E-state index is 13.3. The predicted molar refractivity (Wildman–Crippen MR) is 139 cm³/mol. The van der Waals surface area contributed by atoms with Crippen LogP contribution in [0.4, 0.5) is 5.69 Å². The molecule has 4 rings (SSSR count). The van der Waals surface area contributed by atoms with Crippen molar-refractivity contribution in [3.63, 3.8) is 0 Å². The second kappa shape index (κ2) is 11.1. The van der Waals surface area contributed by atoms with Crippen LogP contribution in [0.3, 0.4) is 0 Å². The van der Waals surface area contributed by atoms with Crippen molar-refractivity contribution < 1.29 is 33.0 Å². The van der Waals surface area contributed by atoms with Gasteiger partial charge in [0, 0.05) is 0 Å². The molecule has 0 bridgehead atoms. The number of benzene rings is 2. The number of ether oxygens (including phenoxy) is 3. The molecule has 1 fully saturated rings. The molecule has 3 aromatic rings. The summed E-state index contributed by atoms with van der Waals surface area (Å²) in [4.78, 5) is 38.7. The molecule has 1 aromatic heterocycles. The number of furan rings is 1. The van der Waals surface area contributed by atoms with Crippen molar-refractivity contribution in [2.45, 2.75) is 20.0 Å². The van der Waals surface area contributed by atoms with Gasteiger partial charge in [-0.2, -0.15) is 0 Å². The van der Waals surface area contributed by atoms with Gasteiger partial charge in [0.15, 0.2) is 16.6 Å². The fourth-order valence-electron chi connectivity index (χ4n) is 3.65. The average molecular weight is 521 g/mol. The predicted octanol–water partition coefficient (Wildman–Crippen LogP) is 4.05. The van der Waals surface area contributed by atoms with E-state index in [9.17, 15) is 14.4 Å². The second-order valence-corrected chi connectivity index (χ2v) is 8.32. The zero-order chi connectivity index (χ0) is 26.5. The largest absolute Gasteiger partial charge is 0.493 e. The summed E-state index contributed by atoms with van der Waals surface area (Å²) >= 11 is 5.27. The van der Waals surface area contributed by atoms with E-state index in [0.29, 0.717) is 28.5 Å². The van der Waals surface area contributed by atoms with Gasteiger partial charge in [0.25, 0.3) is 11.8 Å². The van der Waals surface area contributed by atoms with Gasteiger partial charge in [-0.1, -0.05) is 25.1 Å². The first-order valence-electron chi connectivity index (χ1n) is 11.3. The van der Waals surface area contributed by atoms with E-state index in [2.05, 4.69) is 10.1 Å². The number of thiocarbonyl (C=S) groups is 1. The summed E-state index contributed by atoms with van der Waals surface area (Å²) in [7, 11) is 2.74. The van der Waals surface area contributed by atoms with Crippen LogP contribution >= 0.6 is 12.2 Å². The van der Waals surface area contributed by atoms with Crippen LogP contribution in [0.25, 0.3) is 6.08 Å². The molecule has 0 unspecified atom stereocenters. The topological polar surface area (TPSA) is 107 Å². The number of methoxy groups -OCH3 is 2. The summed E-state index contributed by atoms with van der Waals surface area (Å²) in [6.45, 7) is 2.08. The van der Waals surface area contributed by atoms with E-state index < -0.39 is 17.8 Å². The molecule has 0 radical (unpaired) electrons. The molecule has 0 spiro atoms. The Bertz CT molecular complexity index is 1390. The first kappa shape index (κ1) is 25.6. The van der Waals surface area contributed by atoms with Gasteiger partial charge < -0.3 is 18.6 Å². The van der Waals surface area contributed by atoms with Crippen LogP contribution in [0, 0.1) is 0 Å². The molecule has 1 aliphatic heterocycles. The minimum absolute atomic E-state index is 0.0195. The lowest BCUT2D eigenvalue weighted by molar-refractivity contribution is -0.122. The van der Waals surface area contributed by atoms with Crippen LogP contribution in [0.15, 0.2) is 64.6 Å². The number of anilines is 1. The minimum atomic E-state index is -0.588. The smallest absolute Gasteiger partial charge is 0.373 e. The monoisotopic (exact) mass is 520 g/mol. The Morgan fingerprint density at radius 2 is 1.81 bits per heavy atom. The van der Waals surface area contributed by atoms with Gasteiger partial charge in [-0.3, -0.25) is 19.8 Å². The minimum Gasteiger partial charge on any atom is -0.493 e. The van der Waals surface area contributed by atoms with Crippen molar-refractivity contribution in [3.8, 4) is 11.5 Å². The van der Waals surface area contributed by atoms with Gasteiger partial charge in [-0.05, 0) is 72.2 Å². The molecule has 1 aliphatic rings. The van der Waals surface area contributed by atoms with E-state index in [1.54, 1.807) is 36.4 Å². The van der Waals surface area contributed by atoms with Crippen molar-refractivity contribution >= 4 is 46.9 Å². The van der Waals surface area contributed by atoms with Crippen molar-refractivity contribution in [2.75, 3.05) is 19.1 Å². The summed E-state index contributed by atoms with van der Waals surface area (Å²) in [6, 6.07) is 15.5. The van der Waals surface area contributed by atoms with E-state index in [4.69, 9.17) is 26.1 Å². The van der Waals surface area contributed by atoms with Crippen LogP contribution in [-0.4, -0.2) is 37.1 Å². The number of carbonyl (C=O) groups excluding carboxylic acids is 3. The third kappa shape index (κ3) is 5.54. The number of esters is 1. The molecule has 10 heteroatoms. The van der Waals surface area contributed by atoms with Crippen LogP contribution in [-0.2, 0) is 27.4 Å². The number of amides is 2. The fourth-order valence-corrected chi connectivity index (χ4v) is 3.93. The highest BCUT2D eigenvalue weighted by atomic mass is 32.1. The standard InChI is InChI=1S/C27H24N2O7S/c1-4-16-5-8-18(9-6-16)29-25(31)20(24(30)28-27(29)37)13-17-7-11-21(23(14-17)33-2)35-15-19-10-12-22(36-19)26(32)34-3/h5-14H,4,15H2,1-3H3,(H,28,30,37)/b20-13-. The zero-order valence-corrected chi connectivity index (χ0v) is 21.2. The zero-order valence-electron chi connectivity index (χ0n) is 20.4. The second-order valence-electron chi connectivity index (χ2n) is 7.93. The summed E-state index contributed by atoms with van der Waals surface area (Å²) in [5.41, 5.74) is 2.15. The lowest BCUT2D eigenvalue weighted by Gasteiger charge is -2.29. The Morgan fingerprint density at radius 1 is 1.05 bits per heavy atom. The number of hydrogen-bond acceptors (Lipinski definition) is 8. The number of rotatable bonds is 8. The Morgan fingerprint density at radius 3 is 2.49 bits per heavy atom. The summed E-state index contributed by atoms with van der Waals surface area (Å²) < 4.78 is 21.2. The lowest BCUT2D eigenvalue weighted by atomic mass is 10.1. The van der Waals surface area contributed by atoms with Crippen molar-refractivity contribution in [1.29, 1.82) is 0 Å². The van der Waals surface area contributed by atoms with Gasteiger partial charge in [0.1, 0.15) is 17.9 Å². The highest BCUT2D eigenvalue weighted by molar-refractivity contribution is 7.80. The summed E-state index contributed by atoms with van der Waals surface area (Å²) in [6.07, 6.45) is 2.33. The highest BCUT2D eigenvalue weighted by Gasteiger charge is 2.34. The van der Waals surface area contributed by atoms with Gasteiger partial charge in [0.05, 0.1) is 19.9 Å². The van der Waals surface area contributed by atoms with Gasteiger partial charge in [0.2, 0.25) is 5.76 Å². The maximum Gasteiger partial charge on any atom is 0.373 e. The third-order valence-corrected chi connectivity index (χ3v) is 5.91. The fraction of sp³-hybridized carbons (Fsp3) is 0.185. The van der Waals surface area contributed by atoms with Crippen molar-refractivity contribution in [1.82, 2.24) is 5.32 Å². The Labute approximate surface area is 218 Å². The SMILES string of the molecule is CCc1ccc(N2C(=O)/C(=C\c3ccc(OCc4ccc(C(=O)OC)o4)c(OC)c3)C(=O)NC2=S)cc1. The first-order chi connectivity index (χ1) is 17.8. The number of carbonyl (C=O) groups is 3. The molecule has 2 heterocycles. The van der Waals surface area contributed by atoms with Crippen molar-refractivity contribution in [2.24, 2.45) is 0 Å². The first-order valence-corrected chi connectivity index (χ1v) is 11.7. The Hall–Kier alpha value is -4.44. The van der Waals surface area contributed by atoms with E-state index in [0.717, 1.165) is 12.0 Å². The lowest BCUT2D eigenvalue weighted by Crippen LogP contribution is -2.54. The van der Waals surface area contributed by atoms with E-state index >= 15 is 0 Å². The summed E-state index contributed by atoms with van der Waals surface area (Å²) in [5, 5.41) is 2.60. The molecule has 0 saturated carbocycles. The molecule has 1 saturated heterocycles. The molecule has 37 heavy (non-hydrogen) atoms. The maximum atomic E-state index is 13.3. The molecule has 2 amide bonds. The molecule has 1 N–H and O–H groups in total. The molecule has 190 valence electrons. The quantitative estimate of drug-likeness (QED) is 0.205. The molecular weight excluding hydrogens is 496 g/mol. The van der Waals surface area contributed by atoms with Crippen LogP contribution in [0.1, 0.15) is 34.4 Å². The van der Waals surface area contributed by atoms with Crippen LogP contribution in [0.2, 0.25) is 0 Å². The number of nitrogens with zero attached hydrogens (tertiary/aromatic N) is 1. The highest BCUT2D eigenvalue weighted by Crippen LogP contribution is 2.31. The van der Waals surface area contributed by atoms with Crippen LogP contribution in [0.5, 0.6) is 11.5 Å². The number of hydrogen-bond donors (Lipinski definition) is 1. The molecule has 2 aromatic carbocycles. The van der Waals surface area contributed by atoms with E-state index in [1.807, 2.05) is 19.1 Å². The third-order valence-electron chi connectivity index (χ3n) is 5.62. The Balaban J connectivity index is 1.55. The average Bonchev–Trinajstić information content (AvgIpc) is 3.39. The van der Waals surface area contributed by atoms with Crippen molar-refractivity contribution in [3.05, 3.63) is 82.8 Å². The van der Waals surface area contributed by atoms with Gasteiger partial charge in [-0.15, -0.1) is 0 Å². The normalized spacial score (nSPS) is 14.5. The molecule has 0 aliphatic carbocycles.